The van der Waals surface area contributed by atoms with Crippen molar-refractivity contribution in [2.75, 3.05) is 24.0 Å². The van der Waals surface area contributed by atoms with Gasteiger partial charge in [0.1, 0.15) is 21.7 Å². The number of sulfonamides is 1. The summed E-state index contributed by atoms with van der Waals surface area (Å²) in [6, 6.07) is 12.4. The number of nitrogens with two attached hydrogens (primary N) is 1. The first kappa shape index (κ1) is 30.5. The molecule has 0 spiro atoms. The Balaban J connectivity index is 1.56. The number of carbonyl (C=O) groups is 2. The zero-order chi connectivity index (χ0) is 31.6. The van der Waals surface area contributed by atoms with Gasteiger partial charge in [0.15, 0.2) is 5.75 Å². The monoisotopic (exact) mass is 660 g/mol. The van der Waals surface area contributed by atoms with Crippen LogP contribution in [0, 0.1) is 5.82 Å². The molecule has 228 valence electrons. The van der Waals surface area contributed by atoms with Crippen molar-refractivity contribution >= 4 is 66.7 Å². The minimum absolute atomic E-state index is 0.0121. The number of primary amides is 1. The van der Waals surface area contributed by atoms with E-state index in [2.05, 4.69) is 15.4 Å². The Kier molecular flexibility index (Phi) is 8.57. The third-order valence-corrected chi connectivity index (χ3v) is 8.87. The van der Waals surface area contributed by atoms with Crippen LogP contribution >= 0.6 is 22.9 Å². The quantitative estimate of drug-likeness (QED) is 0.213. The maximum absolute atomic E-state index is 14.0. The molecule has 0 aliphatic carbocycles. The summed E-state index contributed by atoms with van der Waals surface area (Å²) < 4.78 is 58.3. The minimum atomic E-state index is -4.28. The molecule has 2 heterocycles. The lowest BCUT2D eigenvalue weighted by molar-refractivity contribution is 0.102. The highest BCUT2D eigenvalue weighted by Gasteiger charge is 2.31. The first-order chi connectivity index (χ1) is 21.0. The topological polar surface area (TPSA) is 168 Å². The van der Waals surface area contributed by atoms with E-state index in [0.29, 0.717) is 11.3 Å². The van der Waals surface area contributed by atoms with Gasteiger partial charge >= 0.3 is 6.09 Å². The van der Waals surface area contributed by atoms with Crippen LogP contribution in [-0.4, -0.2) is 49.5 Å². The summed E-state index contributed by atoms with van der Waals surface area (Å²) >= 11 is 7.03. The second-order valence-corrected chi connectivity index (χ2v) is 12.4. The average molecular weight is 661 g/mol. The first-order valence-corrected chi connectivity index (χ1v) is 15.2. The fourth-order valence-corrected chi connectivity index (χ4v) is 6.90. The minimum Gasteiger partial charge on any atom is -0.497 e. The normalized spacial score (nSPS) is 11.3. The van der Waals surface area contributed by atoms with E-state index in [-0.39, 0.29) is 43.1 Å². The molecular weight excluding hydrogens is 639 g/mol. The predicted molar refractivity (Wildman–Crippen MR) is 161 cm³/mol. The maximum Gasteiger partial charge on any atom is 0.410 e. The van der Waals surface area contributed by atoms with E-state index < -0.39 is 33.6 Å². The van der Waals surface area contributed by atoms with Gasteiger partial charge in [0.25, 0.3) is 15.9 Å². The molecule has 5 aromatic rings. The van der Waals surface area contributed by atoms with E-state index in [4.69, 9.17) is 31.5 Å². The van der Waals surface area contributed by atoms with Crippen LogP contribution in [0.4, 0.5) is 20.0 Å². The second-order valence-electron chi connectivity index (χ2n) is 8.91. The Hall–Kier alpha value is -4.93. The van der Waals surface area contributed by atoms with E-state index in [9.17, 15) is 22.4 Å². The molecule has 0 saturated carbocycles. The highest BCUT2D eigenvalue weighted by molar-refractivity contribution is 7.92. The smallest absolute Gasteiger partial charge is 0.410 e. The van der Waals surface area contributed by atoms with Gasteiger partial charge in [0, 0.05) is 23.1 Å². The third kappa shape index (κ3) is 6.22. The SMILES string of the molecule is COc1ccc(CS(=O)(=O)N(c2ncc(Cl)s2)n2ncc3c(C(=O)Nc4ccc(F)cc4OC(N)=O)cccc32)c(OC)c1. The highest BCUT2D eigenvalue weighted by Crippen LogP contribution is 2.34. The molecule has 0 fully saturated rings. The molecule has 0 radical (unpaired) electrons. The summed E-state index contributed by atoms with van der Waals surface area (Å²) in [7, 11) is -1.39. The lowest BCUT2D eigenvalue weighted by Gasteiger charge is -2.22. The van der Waals surface area contributed by atoms with Crippen molar-refractivity contribution in [3.63, 3.8) is 0 Å². The number of amides is 2. The highest BCUT2D eigenvalue weighted by atomic mass is 35.5. The number of nitrogens with zero attached hydrogens (tertiary/aromatic N) is 4. The van der Waals surface area contributed by atoms with Crippen LogP contribution in [-0.2, 0) is 15.8 Å². The number of benzene rings is 3. The largest absolute Gasteiger partial charge is 0.497 e. The summed E-state index contributed by atoms with van der Waals surface area (Å²) in [6.45, 7) is 0. The van der Waals surface area contributed by atoms with Gasteiger partial charge in [-0.15, -0.1) is 4.41 Å². The molecule has 0 bridgehead atoms. The fourth-order valence-electron chi connectivity index (χ4n) is 4.24. The van der Waals surface area contributed by atoms with Gasteiger partial charge in [-0.3, -0.25) is 4.79 Å². The van der Waals surface area contributed by atoms with Crippen molar-refractivity contribution in [2.45, 2.75) is 5.75 Å². The lowest BCUT2D eigenvalue weighted by Crippen LogP contribution is -2.37. The van der Waals surface area contributed by atoms with Crippen LogP contribution in [0.1, 0.15) is 15.9 Å². The molecule has 0 unspecified atom stereocenters. The van der Waals surface area contributed by atoms with Crippen molar-refractivity contribution in [1.29, 1.82) is 0 Å². The predicted octanol–water partition coefficient (Wildman–Crippen LogP) is 4.81. The van der Waals surface area contributed by atoms with E-state index >= 15 is 0 Å². The van der Waals surface area contributed by atoms with Crippen molar-refractivity contribution < 1.29 is 36.6 Å². The summed E-state index contributed by atoms with van der Waals surface area (Å²) in [6.07, 6.45) is 1.41. The Morgan fingerprint density at radius 1 is 1.09 bits per heavy atom. The average Bonchev–Trinajstić information content (AvgIpc) is 3.60. The number of nitrogens with one attached hydrogen (secondary N) is 1. The van der Waals surface area contributed by atoms with E-state index in [1.54, 1.807) is 24.3 Å². The van der Waals surface area contributed by atoms with E-state index in [0.717, 1.165) is 32.7 Å². The molecule has 0 aliphatic heterocycles. The first-order valence-electron chi connectivity index (χ1n) is 12.4. The fraction of sp³-hybridized carbons (Fsp3) is 0.111. The van der Waals surface area contributed by atoms with Crippen LogP contribution in [0.2, 0.25) is 4.34 Å². The number of aromatic nitrogens is 3. The van der Waals surface area contributed by atoms with Gasteiger partial charge in [-0.2, -0.15) is 9.89 Å². The molecule has 17 heteroatoms. The summed E-state index contributed by atoms with van der Waals surface area (Å²) in [5, 5.41) is 7.10. The lowest BCUT2D eigenvalue weighted by atomic mass is 10.1. The molecule has 2 aromatic heterocycles. The number of rotatable bonds is 10. The maximum atomic E-state index is 14.0. The number of anilines is 2. The van der Waals surface area contributed by atoms with Gasteiger partial charge in [-0.1, -0.05) is 35.1 Å². The number of hydrogen-bond acceptors (Lipinski definition) is 10. The molecule has 2 amide bonds. The van der Waals surface area contributed by atoms with Crippen LogP contribution in [0.5, 0.6) is 17.2 Å². The van der Waals surface area contributed by atoms with Crippen molar-refractivity contribution in [3.05, 3.63) is 88.3 Å². The number of thiazole rings is 1. The molecule has 0 atom stereocenters. The van der Waals surface area contributed by atoms with Gasteiger partial charge < -0.3 is 25.3 Å². The van der Waals surface area contributed by atoms with Crippen LogP contribution in [0.3, 0.4) is 0 Å². The summed E-state index contributed by atoms with van der Waals surface area (Å²) in [5.74, 6) is -1.48. The van der Waals surface area contributed by atoms with E-state index in [1.165, 1.54) is 44.8 Å². The van der Waals surface area contributed by atoms with Crippen LogP contribution in [0.25, 0.3) is 10.9 Å². The Morgan fingerprint density at radius 2 is 1.89 bits per heavy atom. The molecule has 13 nitrogen and oxygen atoms in total. The summed E-state index contributed by atoms with van der Waals surface area (Å²) in [4.78, 5) is 29.9. The van der Waals surface area contributed by atoms with Crippen LogP contribution in [0.15, 0.2) is 67.0 Å². The Morgan fingerprint density at radius 3 is 2.57 bits per heavy atom. The number of ether oxygens (including phenoxy) is 3. The van der Waals surface area contributed by atoms with E-state index in [1.807, 2.05) is 0 Å². The second kappa shape index (κ2) is 12.4. The number of fused-ring (bicyclic) bond motifs is 1. The number of hydrogen-bond donors (Lipinski definition) is 2. The molecule has 5 rings (SSSR count). The molecule has 3 N–H and O–H groups in total. The number of carbonyl (C=O) groups excluding carboxylic acids is 2. The Labute approximate surface area is 258 Å². The Bertz CT molecular complexity index is 2000. The molecule has 0 aliphatic rings. The zero-order valence-corrected chi connectivity index (χ0v) is 25.2. The van der Waals surface area contributed by atoms with Crippen molar-refractivity contribution in [3.8, 4) is 17.2 Å². The van der Waals surface area contributed by atoms with Gasteiger partial charge in [0.2, 0.25) is 5.13 Å². The number of methoxy groups -OCH3 is 2. The van der Waals surface area contributed by atoms with Gasteiger partial charge in [-0.25, -0.2) is 22.6 Å². The molecule has 0 saturated heterocycles. The standard InChI is InChI=1S/C27H22ClFN6O7S2/c1-40-17-8-6-15(22(11-17)41-2)14-44(38,39)35(27-31-13-24(28)43-27)34-21-5-3-4-18(19(21)12-32-34)25(36)33-20-9-7-16(29)10-23(20)42-26(30)37/h3-13H,14H2,1-2H3,(H2,30,37)(H,33,36). The van der Waals surface area contributed by atoms with Crippen molar-refractivity contribution in [1.82, 2.24) is 14.9 Å². The molecule has 3 aromatic carbocycles. The third-order valence-electron chi connectivity index (χ3n) is 6.14. The van der Waals surface area contributed by atoms with Gasteiger partial charge in [0.05, 0.1) is 49.1 Å². The van der Waals surface area contributed by atoms with Crippen LogP contribution < -0.4 is 29.7 Å². The van der Waals surface area contributed by atoms with Gasteiger partial charge in [-0.05, 0) is 30.3 Å². The van der Waals surface area contributed by atoms with Crippen molar-refractivity contribution in [2.24, 2.45) is 5.73 Å². The zero-order valence-electron chi connectivity index (χ0n) is 22.9. The molecular formula is C27H22ClFN6O7S2. The number of halogens is 2. The molecule has 44 heavy (non-hydrogen) atoms. The summed E-state index contributed by atoms with van der Waals surface area (Å²) in [5.41, 5.74) is 5.68.